The van der Waals surface area contributed by atoms with Crippen molar-refractivity contribution in [2.24, 2.45) is 0 Å². The van der Waals surface area contributed by atoms with Gasteiger partial charge in [-0.3, -0.25) is 4.79 Å². The molecule has 9 nitrogen and oxygen atoms in total. The Morgan fingerprint density at radius 1 is 1.34 bits per heavy atom. The second-order valence-electron chi connectivity index (χ2n) is 6.80. The standard InChI is InChI=1S/C17H22N4O5S3/c1-10-15(28-16(18-10)19-11(2)22)12-8-14(27-9-12)29(25,26)21-6-4-13(5-7-21)20(3)17(23)24/h8-9,13H,4-7H2,1-3H3,(H,23,24)(H,18,19,22). The number of thiophene rings is 1. The van der Waals surface area contributed by atoms with Gasteiger partial charge in [0.15, 0.2) is 5.13 Å². The van der Waals surface area contributed by atoms with Gasteiger partial charge in [-0.25, -0.2) is 18.2 Å². The zero-order valence-electron chi connectivity index (χ0n) is 16.2. The molecule has 2 N–H and O–H groups in total. The van der Waals surface area contributed by atoms with Crippen LogP contribution in [-0.2, 0) is 14.8 Å². The zero-order chi connectivity index (χ0) is 21.3. The molecule has 0 aliphatic carbocycles. The molecule has 1 fully saturated rings. The SMILES string of the molecule is CC(=O)Nc1nc(C)c(-c2csc(S(=O)(=O)N3CCC(N(C)C(=O)O)CC3)c2)s1. The number of piperidine rings is 1. The van der Waals surface area contributed by atoms with Crippen LogP contribution in [0.4, 0.5) is 9.93 Å². The summed E-state index contributed by atoms with van der Waals surface area (Å²) in [5, 5.41) is 14.0. The number of aryl methyl sites for hydroxylation is 1. The smallest absolute Gasteiger partial charge is 0.407 e. The Balaban J connectivity index is 1.75. The maximum atomic E-state index is 13.0. The number of amides is 2. The van der Waals surface area contributed by atoms with Crippen LogP contribution < -0.4 is 5.32 Å². The number of nitrogens with zero attached hydrogens (tertiary/aromatic N) is 3. The van der Waals surface area contributed by atoms with E-state index in [1.165, 1.54) is 34.5 Å². The summed E-state index contributed by atoms with van der Waals surface area (Å²) in [4.78, 5) is 28.7. The summed E-state index contributed by atoms with van der Waals surface area (Å²) < 4.78 is 27.7. The number of carboxylic acid groups (broad SMARTS) is 1. The number of hydrogen-bond acceptors (Lipinski definition) is 7. The molecule has 3 rings (SSSR count). The number of thiazole rings is 1. The minimum Gasteiger partial charge on any atom is -0.465 e. The zero-order valence-corrected chi connectivity index (χ0v) is 18.7. The van der Waals surface area contributed by atoms with Crippen LogP contribution in [0.15, 0.2) is 15.7 Å². The molecule has 0 aromatic carbocycles. The first kappa shape index (κ1) is 21.7. The van der Waals surface area contributed by atoms with Crippen LogP contribution in [0.1, 0.15) is 25.5 Å². The molecule has 0 bridgehead atoms. The monoisotopic (exact) mass is 458 g/mol. The fourth-order valence-electron chi connectivity index (χ4n) is 3.19. The highest BCUT2D eigenvalue weighted by molar-refractivity contribution is 7.91. The van der Waals surface area contributed by atoms with Gasteiger partial charge in [0.1, 0.15) is 4.21 Å². The van der Waals surface area contributed by atoms with E-state index in [0.29, 0.717) is 18.0 Å². The maximum absolute atomic E-state index is 13.0. The van der Waals surface area contributed by atoms with E-state index in [1.807, 2.05) is 6.92 Å². The van der Waals surface area contributed by atoms with Crippen LogP contribution in [-0.4, -0.2) is 65.9 Å². The molecule has 0 saturated carbocycles. The van der Waals surface area contributed by atoms with Crippen molar-refractivity contribution >= 4 is 49.8 Å². The first-order valence-corrected chi connectivity index (χ1v) is 12.0. The van der Waals surface area contributed by atoms with Gasteiger partial charge in [-0.05, 0) is 25.8 Å². The van der Waals surface area contributed by atoms with E-state index in [-0.39, 0.29) is 29.2 Å². The van der Waals surface area contributed by atoms with Crippen LogP contribution in [0.25, 0.3) is 10.4 Å². The number of rotatable bonds is 5. The lowest BCUT2D eigenvalue weighted by atomic mass is 10.1. The molecule has 158 valence electrons. The molecule has 0 radical (unpaired) electrons. The highest BCUT2D eigenvalue weighted by atomic mass is 32.2. The first-order valence-electron chi connectivity index (χ1n) is 8.89. The summed E-state index contributed by atoms with van der Waals surface area (Å²) in [5.74, 6) is -0.212. The van der Waals surface area contributed by atoms with E-state index in [1.54, 1.807) is 11.4 Å². The van der Waals surface area contributed by atoms with Gasteiger partial charge in [0.05, 0.1) is 10.6 Å². The highest BCUT2D eigenvalue weighted by Crippen LogP contribution is 2.37. The number of carbonyl (C=O) groups excluding carboxylic acids is 1. The molecule has 29 heavy (non-hydrogen) atoms. The molecular weight excluding hydrogens is 436 g/mol. The Labute approximate surface area is 177 Å². The van der Waals surface area contributed by atoms with Crippen LogP contribution in [0.5, 0.6) is 0 Å². The Bertz CT molecular complexity index is 1020. The topological polar surface area (TPSA) is 120 Å². The lowest BCUT2D eigenvalue weighted by Crippen LogP contribution is -2.46. The molecule has 0 spiro atoms. The van der Waals surface area contributed by atoms with Gasteiger partial charge in [-0.2, -0.15) is 4.31 Å². The predicted octanol–water partition coefficient (Wildman–Crippen LogP) is 2.90. The van der Waals surface area contributed by atoms with Gasteiger partial charge < -0.3 is 15.3 Å². The second kappa shape index (κ2) is 8.38. The van der Waals surface area contributed by atoms with E-state index in [4.69, 9.17) is 5.11 Å². The van der Waals surface area contributed by atoms with Gasteiger partial charge in [-0.15, -0.1) is 11.3 Å². The van der Waals surface area contributed by atoms with Crippen molar-refractivity contribution < 1.29 is 23.1 Å². The van der Waals surface area contributed by atoms with Crippen molar-refractivity contribution in [1.29, 1.82) is 0 Å². The number of anilines is 1. The average Bonchev–Trinajstić information content (AvgIpc) is 3.27. The molecular formula is C17H22N4O5S3. The maximum Gasteiger partial charge on any atom is 0.407 e. The summed E-state index contributed by atoms with van der Waals surface area (Å²) in [6, 6.07) is 1.46. The quantitative estimate of drug-likeness (QED) is 0.711. The summed E-state index contributed by atoms with van der Waals surface area (Å²) in [5.41, 5.74) is 1.47. The lowest BCUT2D eigenvalue weighted by Gasteiger charge is -2.34. The fraction of sp³-hybridized carbons (Fsp3) is 0.471. The Kier molecular flexibility index (Phi) is 6.27. The lowest BCUT2D eigenvalue weighted by molar-refractivity contribution is -0.114. The fourth-order valence-corrected chi connectivity index (χ4v) is 7.06. The van der Waals surface area contributed by atoms with E-state index in [9.17, 15) is 18.0 Å². The van der Waals surface area contributed by atoms with Gasteiger partial charge in [0.2, 0.25) is 5.91 Å². The van der Waals surface area contributed by atoms with Gasteiger partial charge in [-0.1, -0.05) is 11.3 Å². The molecule has 2 aromatic rings. The third-order valence-electron chi connectivity index (χ3n) is 4.78. The normalized spacial score (nSPS) is 16.0. The summed E-state index contributed by atoms with van der Waals surface area (Å²) >= 11 is 2.45. The molecule has 12 heteroatoms. The number of nitrogens with one attached hydrogen (secondary N) is 1. The van der Waals surface area contributed by atoms with Crippen LogP contribution in [0.2, 0.25) is 0 Å². The first-order chi connectivity index (χ1) is 13.6. The number of hydrogen-bond donors (Lipinski definition) is 2. The van der Waals surface area contributed by atoms with Crippen molar-refractivity contribution in [2.75, 3.05) is 25.5 Å². The van der Waals surface area contributed by atoms with Crippen LogP contribution >= 0.6 is 22.7 Å². The average molecular weight is 459 g/mol. The summed E-state index contributed by atoms with van der Waals surface area (Å²) in [6.07, 6.45) is -0.0736. The Morgan fingerprint density at radius 2 is 2.00 bits per heavy atom. The molecule has 1 saturated heterocycles. The molecule has 0 atom stereocenters. The van der Waals surface area contributed by atoms with Crippen molar-refractivity contribution in [2.45, 2.75) is 36.9 Å². The molecule has 0 unspecified atom stereocenters. The summed E-state index contributed by atoms with van der Waals surface area (Å²) in [6.45, 7) is 3.78. The largest absolute Gasteiger partial charge is 0.465 e. The Hall–Kier alpha value is -2.02. The predicted molar refractivity (Wildman–Crippen MR) is 112 cm³/mol. The van der Waals surface area contributed by atoms with E-state index >= 15 is 0 Å². The van der Waals surface area contributed by atoms with E-state index in [0.717, 1.165) is 27.5 Å². The van der Waals surface area contributed by atoms with E-state index in [2.05, 4.69) is 10.3 Å². The third-order valence-corrected chi connectivity index (χ3v) is 9.22. The molecule has 1 aliphatic heterocycles. The highest BCUT2D eigenvalue weighted by Gasteiger charge is 2.33. The molecule has 2 amide bonds. The van der Waals surface area contributed by atoms with Crippen molar-refractivity contribution in [3.63, 3.8) is 0 Å². The van der Waals surface area contributed by atoms with Crippen LogP contribution in [0.3, 0.4) is 0 Å². The van der Waals surface area contributed by atoms with Crippen molar-refractivity contribution in [3.05, 3.63) is 17.1 Å². The van der Waals surface area contributed by atoms with Crippen LogP contribution in [0, 0.1) is 6.92 Å². The van der Waals surface area contributed by atoms with Gasteiger partial charge >= 0.3 is 6.09 Å². The molecule has 3 heterocycles. The number of aromatic nitrogens is 1. The van der Waals surface area contributed by atoms with Gasteiger partial charge in [0, 0.05) is 44.0 Å². The minimum absolute atomic E-state index is 0.176. The molecule has 1 aliphatic rings. The van der Waals surface area contributed by atoms with Crippen molar-refractivity contribution in [1.82, 2.24) is 14.2 Å². The Morgan fingerprint density at radius 3 is 2.59 bits per heavy atom. The third kappa shape index (κ3) is 4.60. The van der Waals surface area contributed by atoms with E-state index < -0.39 is 16.1 Å². The minimum atomic E-state index is -3.64. The number of carbonyl (C=O) groups is 2. The second-order valence-corrected chi connectivity index (χ2v) is 10.9. The van der Waals surface area contributed by atoms with Gasteiger partial charge in [0.25, 0.3) is 10.0 Å². The van der Waals surface area contributed by atoms with Crippen molar-refractivity contribution in [3.8, 4) is 10.4 Å². The molecule has 2 aromatic heterocycles. The number of sulfonamides is 1. The summed E-state index contributed by atoms with van der Waals surface area (Å²) in [7, 11) is -2.13.